The van der Waals surface area contributed by atoms with E-state index >= 15 is 0 Å². The van der Waals surface area contributed by atoms with Crippen LogP contribution in [0, 0.1) is 3.83 Å². The number of imidazole rings is 1. The number of anilines is 1. The van der Waals surface area contributed by atoms with Crippen molar-refractivity contribution in [2.75, 3.05) is 5.32 Å². The Morgan fingerprint density at radius 3 is 3.07 bits per heavy atom. The highest BCUT2D eigenvalue weighted by Gasteiger charge is 2.09. The monoisotopic (exact) mass is 303 g/mol. The second-order valence-electron chi connectivity index (χ2n) is 2.62. The van der Waals surface area contributed by atoms with Crippen molar-refractivity contribution in [3.05, 3.63) is 10.2 Å². The van der Waals surface area contributed by atoms with E-state index < -0.39 is 0 Å². The van der Waals surface area contributed by atoms with Crippen molar-refractivity contribution in [3.8, 4) is 0 Å². The van der Waals surface area contributed by atoms with E-state index in [4.69, 9.17) is 0 Å². The molecule has 0 unspecified atom stereocenters. The van der Waals surface area contributed by atoms with Gasteiger partial charge in [-0.25, -0.2) is 15.0 Å². The van der Waals surface area contributed by atoms with E-state index in [9.17, 15) is 4.79 Å². The molecule has 7 heteroatoms. The lowest BCUT2D eigenvalue weighted by molar-refractivity contribution is -0.114. The van der Waals surface area contributed by atoms with E-state index in [2.05, 4.69) is 25.3 Å². The van der Waals surface area contributed by atoms with Gasteiger partial charge in [0, 0.05) is 29.5 Å². The van der Waals surface area contributed by atoms with Crippen molar-refractivity contribution in [2.45, 2.75) is 6.92 Å². The van der Waals surface area contributed by atoms with Gasteiger partial charge in [0.2, 0.25) is 5.91 Å². The maximum atomic E-state index is 10.9. The number of carbonyl (C=O) groups excluding carboxylic acids is 1. The van der Waals surface area contributed by atoms with E-state index in [1.165, 1.54) is 13.3 Å². The summed E-state index contributed by atoms with van der Waals surface area (Å²) in [7, 11) is 0. The van der Waals surface area contributed by atoms with Crippen LogP contribution in [-0.2, 0) is 4.79 Å². The fourth-order valence-electron chi connectivity index (χ4n) is 1.06. The number of nitrogens with zero attached hydrogens (tertiary/aromatic N) is 3. The predicted molar refractivity (Wildman–Crippen MR) is 58.7 cm³/mol. The van der Waals surface area contributed by atoms with Crippen molar-refractivity contribution in [1.29, 1.82) is 0 Å². The molecule has 0 aliphatic heterocycles. The number of amides is 1. The number of halogens is 1. The average molecular weight is 303 g/mol. The molecular formula is C7H6IN5O. The highest BCUT2D eigenvalue weighted by atomic mass is 127. The molecule has 0 spiro atoms. The number of fused-ring (bicyclic) bond motifs is 1. The summed E-state index contributed by atoms with van der Waals surface area (Å²) in [5.41, 5.74) is 1.19. The normalized spacial score (nSPS) is 10.4. The van der Waals surface area contributed by atoms with Crippen molar-refractivity contribution in [2.24, 2.45) is 0 Å². The number of hydrogen-bond acceptors (Lipinski definition) is 4. The van der Waals surface area contributed by atoms with E-state index in [0.717, 1.165) is 0 Å². The predicted octanol–water partition coefficient (Wildman–Crippen LogP) is 0.916. The molecule has 2 N–H and O–H groups in total. The van der Waals surface area contributed by atoms with Gasteiger partial charge >= 0.3 is 0 Å². The first-order valence-electron chi connectivity index (χ1n) is 3.81. The Labute approximate surface area is 92.7 Å². The number of rotatable bonds is 1. The van der Waals surface area contributed by atoms with Crippen LogP contribution >= 0.6 is 22.6 Å². The van der Waals surface area contributed by atoms with Crippen LogP contribution in [-0.4, -0.2) is 25.8 Å². The number of hydrogen-bond donors (Lipinski definition) is 2. The van der Waals surface area contributed by atoms with Crippen LogP contribution in [0.15, 0.2) is 6.33 Å². The Hall–Kier alpha value is -1.25. The van der Waals surface area contributed by atoms with Gasteiger partial charge in [0.15, 0.2) is 20.8 Å². The lowest BCUT2D eigenvalue weighted by Crippen LogP contribution is -2.09. The van der Waals surface area contributed by atoms with Crippen LogP contribution in [0.25, 0.3) is 11.2 Å². The smallest absolute Gasteiger partial charge is 0.222 e. The van der Waals surface area contributed by atoms with Crippen LogP contribution in [0.4, 0.5) is 5.82 Å². The Morgan fingerprint density at radius 1 is 1.57 bits per heavy atom. The quantitative estimate of drug-likeness (QED) is 0.606. The second kappa shape index (κ2) is 3.48. The van der Waals surface area contributed by atoms with Gasteiger partial charge in [-0.3, -0.25) is 4.79 Å². The zero-order valence-corrected chi connectivity index (χ0v) is 9.36. The number of H-pyrrole nitrogens is 1. The lowest BCUT2D eigenvalue weighted by Gasteiger charge is -2.01. The molecule has 2 aromatic heterocycles. The summed E-state index contributed by atoms with van der Waals surface area (Å²) in [6.45, 7) is 1.42. The first-order chi connectivity index (χ1) is 6.66. The van der Waals surface area contributed by atoms with Crippen LogP contribution in [0.2, 0.25) is 0 Å². The molecule has 1 amide bonds. The third kappa shape index (κ3) is 1.67. The molecule has 72 valence electrons. The minimum Gasteiger partial charge on any atom is -0.329 e. The molecule has 0 aromatic carbocycles. The summed E-state index contributed by atoms with van der Waals surface area (Å²) in [5, 5.41) is 2.60. The summed E-state index contributed by atoms with van der Waals surface area (Å²) in [5.74, 6) is 0.261. The molecule has 0 atom stereocenters. The summed E-state index contributed by atoms with van der Waals surface area (Å²) >= 11 is 1.98. The van der Waals surface area contributed by atoms with Crippen molar-refractivity contribution >= 4 is 45.5 Å². The van der Waals surface area contributed by atoms with Gasteiger partial charge < -0.3 is 10.3 Å². The molecule has 0 radical (unpaired) electrons. The molecule has 0 bridgehead atoms. The van der Waals surface area contributed by atoms with E-state index in [1.807, 2.05) is 22.6 Å². The van der Waals surface area contributed by atoms with E-state index in [0.29, 0.717) is 20.8 Å². The molecule has 2 heterocycles. The van der Waals surface area contributed by atoms with Gasteiger partial charge in [0.25, 0.3) is 0 Å². The zero-order chi connectivity index (χ0) is 10.1. The van der Waals surface area contributed by atoms with Gasteiger partial charge in [0.05, 0.1) is 6.33 Å². The van der Waals surface area contributed by atoms with Crippen LogP contribution in [0.3, 0.4) is 0 Å². The Balaban J connectivity index is 2.60. The van der Waals surface area contributed by atoms with Crippen molar-refractivity contribution < 1.29 is 4.79 Å². The summed E-state index contributed by atoms with van der Waals surface area (Å²) in [6.07, 6.45) is 1.51. The second-order valence-corrected chi connectivity index (χ2v) is 3.59. The maximum absolute atomic E-state index is 10.9. The maximum Gasteiger partial charge on any atom is 0.222 e. The van der Waals surface area contributed by atoms with Gasteiger partial charge in [-0.1, -0.05) is 0 Å². The molecule has 0 fully saturated rings. The molecule has 0 aliphatic carbocycles. The number of nitrogens with one attached hydrogen (secondary N) is 2. The highest BCUT2D eigenvalue weighted by molar-refractivity contribution is 14.1. The third-order valence-electron chi connectivity index (χ3n) is 1.55. The van der Waals surface area contributed by atoms with Gasteiger partial charge in [-0.15, -0.1) is 0 Å². The zero-order valence-electron chi connectivity index (χ0n) is 7.21. The minimum atomic E-state index is -0.177. The van der Waals surface area contributed by atoms with Gasteiger partial charge in [0.1, 0.15) is 0 Å². The Morgan fingerprint density at radius 2 is 2.36 bits per heavy atom. The Bertz CT molecular complexity index is 494. The van der Waals surface area contributed by atoms with Crippen molar-refractivity contribution in [3.63, 3.8) is 0 Å². The summed E-state index contributed by atoms with van der Waals surface area (Å²) in [4.78, 5) is 25.9. The first kappa shape index (κ1) is 9.31. The van der Waals surface area contributed by atoms with Crippen LogP contribution < -0.4 is 5.32 Å². The topological polar surface area (TPSA) is 83.6 Å². The average Bonchev–Trinajstić information content (AvgIpc) is 2.50. The summed E-state index contributed by atoms with van der Waals surface area (Å²) in [6, 6.07) is 0. The fraction of sp³-hybridized carbons (Fsp3) is 0.143. The fourth-order valence-corrected chi connectivity index (χ4v) is 1.54. The highest BCUT2D eigenvalue weighted by Crippen LogP contribution is 2.16. The largest absolute Gasteiger partial charge is 0.329 e. The SMILES string of the molecule is CC(=O)Nc1nc(I)nc2[nH]cnc12. The standard InChI is InChI=1S/C7H6IN5O/c1-3(14)11-6-4-5(10-2-9-4)12-7(8)13-6/h2H,1H3,(H2,9,10,11,12,13,14). The molecule has 2 rings (SSSR count). The van der Waals surface area contributed by atoms with Gasteiger partial charge in [-0.05, 0) is 0 Å². The van der Waals surface area contributed by atoms with Crippen LogP contribution in [0.5, 0.6) is 0 Å². The number of aromatic nitrogens is 4. The van der Waals surface area contributed by atoms with Crippen molar-refractivity contribution in [1.82, 2.24) is 19.9 Å². The summed E-state index contributed by atoms with van der Waals surface area (Å²) < 4.78 is 0.558. The molecule has 2 aromatic rings. The molecule has 6 nitrogen and oxygen atoms in total. The molecule has 0 saturated heterocycles. The molecule has 14 heavy (non-hydrogen) atoms. The first-order valence-corrected chi connectivity index (χ1v) is 4.89. The molecular weight excluding hydrogens is 297 g/mol. The van der Waals surface area contributed by atoms with Crippen LogP contribution in [0.1, 0.15) is 6.92 Å². The minimum absolute atomic E-state index is 0.177. The van der Waals surface area contributed by atoms with Gasteiger partial charge in [-0.2, -0.15) is 0 Å². The lowest BCUT2D eigenvalue weighted by atomic mass is 10.5. The number of aromatic amines is 1. The third-order valence-corrected chi connectivity index (χ3v) is 2.03. The molecule has 0 aliphatic rings. The Kier molecular flexibility index (Phi) is 2.32. The van der Waals surface area contributed by atoms with E-state index in [-0.39, 0.29) is 5.91 Å². The van der Waals surface area contributed by atoms with E-state index in [1.54, 1.807) is 0 Å². The molecule has 0 saturated carbocycles. The number of carbonyl (C=O) groups is 1.